The SMILES string of the molecule is COc1cccc(COC(=O)Cc2cc(OC)c(OC)cc2-c2cc(OC)c(OC)cc2CC(=O)OCc2cccc(OC)c2)c1. The van der Waals surface area contributed by atoms with Crippen molar-refractivity contribution in [3.05, 3.63) is 95.1 Å². The van der Waals surface area contributed by atoms with Gasteiger partial charge in [-0.25, -0.2) is 0 Å². The third-order valence-corrected chi connectivity index (χ3v) is 7.25. The molecule has 4 rings (SSSR count). The van der Waals surface area contributed by atoms with Crippen molar-refractivity contribution >= 4 is 11.9 Å². The molecule has 0 unspecified atom stereocenters. The third kappa shape index (κ3) is 8.41. The average molecular weight is 631 g/mol. The Morgan fingerprint density at radius 1 is 0.478 bits per heavy atom. The van der Waals surface area contributed by atoms with Crippen molar-refractivity contribution in [2.45, 2.75) is 26.1 Å². The number of methoxy groups -OCH3 is 6. The van der Waals surface area contributed by atoms with Crippen molar-refractivity contribution in [2.24, 2.45) is 0 Å². The number of carbonyl (C=O) groups excluding carboxylic acids is 2. The van der Waals surface area contributed by atoms with Crippen molar-refractivity contribution in [2.75, 3.05) is 42.7 Å². The van der Waals surface area contributed by atoms with Gasteiger partial charge in [-0.2, -0.15) is 0 Å². The van der Waals surface area contributed by atoms with Crippen LogP contribution in [0.3, 0.4) is 0 Å². The lowest BCUT2D eigenvalue weighted by Crippen LogP contribution is -2.12. The lowest BCUT2D eigenvalue weighted by molar-refractivity contribution is -0.145. The Morgan fingerprint density at radius 2 is 0.848 bits per heavy atom. The molecule has 0 aliphatic heterocycles. The maximum Gasteiger partial charge on any atom is 0.310 e. The monoisotopic (exact) mass is 630 g/mol. The Hall–Kier alpha value is -5.38. The molecule has 4 aromatic carbocycles. The Bertz CT molecular complexity index is 1540. The quantitative estimate of drug-likeness (QED) is 0.146. The molecule has 0 radical (unpaired) electrons. The van der Waals surface area contributed by atoms with Crippen LogP contribution < -0.4 is 28.4 Å². The Morgan fingerprint density at radius 3 is 1.20 bits per heavy atom. The van der Waals surface area contributed by atoms with Crippen LogP contribution in [0.25, 0.3) is 11.1 Å². The molecule has 0 aromatic heterocycles. The first-order valence-corrected chi connectivity index (χ1v) is 14.4. The molecule has 0 atom stereocenters. The van der Waals surface area contributed by atoms with E-state index in [9.17, 15) is 9.59 Å². The van der Waals surface area contributed by atoms with Gasteiger partial charge >= 0.3 is 11.9 Å². The van der Waals surface area contributed by atoms with Gasteiger partial charge in [-0.3, -0.25) is 9.59 Å². The standard InChI is InChI=1S/C36H38O10/c1-39-27-11-7-9-23(13-27)21-45-35(37)17-25-15-31(41-3)33(43-5)19-29(25)30-20-34(44-6)32(42-4)16-26(30)18-36(38)46-22-24-10-8-12-28(14-24)40-2/h7-16,19-20H,17-18,21-22H2,1-6H3. The Kier molecular flexibility index (Phi) is 11.7. The van der Waals surface area contributed by atoms with Crippen LogP contribution in [0.5, 0.6) is 34.5 Å². The van der Waals surface area contributed by atoms with E-state index in [0.717, 1.165) is 11.1 Å². The molecular formula is C36H38O10. The zero-order valence-electron chi connectivity index (χ0n) is 26.8. The summed E-state index contributed by atoms with van der Waals surface area (Å²) in [4.78, 5) is 26.4. The number of rotatable bonds is 15. The van der Waals surface area contributed by atoms with Crippen molar-refractivity contribution in [1.82, 2.24) is 0 Å². The minimum Gasteiger partial charge on any atom is -0.497 e. The normalized spacial score (nSPS) is 10.5. The molecule has 242 valence electrons. The maximum atomic E-state index is 13.2. The van der Waals surface area contributed by atoms with Crippen LogP contribution >= 0.6 is 0 Å². The second kappa shape index (κ2) is 16.1. The van der Waals surface area contributed by atoms with Crippen LogP contribution in [0.4, 0.5) is 0 Å². The lowest BCUT2D eigenvalue weighted by atomic mass is 9.91. The Labute approximate surface area is 268 Å². The van der Waals surface area contributed by atoms with Crippen LogP contribution in [0.1, 0.15) is 22.3 Å². The summed E-state index contributed by atoms with van der Waals surface area (Å²) in [6.45, 7) is 0.138. The van der Waals surface area contributed by atoms with E-state index in [4.69, 9.17) is 37.9 Å². The molecule has 46 heavy (non-hydrogen) atoms. The number of esters is 2. The summed E-state index contributed by atoms with van der Waals surface area (Å²) in [5.74, 6) is 2.15. The topological polar surface area (TPSA) is 108 Å². The first kappa shape index (κ1) is 33.5. The molecule has 0 spiro atoms. The summed E-state index contributed by atoms with van der Waals surface area (Å²) in [6.07, 6.45) is -0.179. The molecule has 10 nitrogen and oxygen atoms in total. The van der Waals surface area contributed by atoms with Gasteiger partial charge < -0.3 is 37.9 Å². The summed E-state index contributed by atoms with van der Waals surface area (Å²) in [7, 11) is 9.23. The highest BCUT2D eigenvalue weighted by Gasteiger charge is 2.22. The van der Waals surface area contributed by atoms with E-state index in [-0.39, 0.29) is 26.1 Å². The maximum absolute atomic E-state index is 13.2. The third-order valence-electron chi connectivity index (χ3n) is 7.25. The van der Waals surface area contributed by atoms with Crippen molar-refractivity contribution < 1.29 is 47.5 Å². The molecule has 0 saturated heterocycles. The molecule has 0 aliphatic rings. The van der Waals surface area contributed by atoms with Crippen molar-refractivity contribution in [3.8, 4) is 45.6 Å². The van der Waals surface area contributed by atoms with Gasteiger partial charge in [0.1, 0.15) is 24.7 Å². The molecule has 0 fully saturated rings. The molecule has 4 aromatic rings. The predicted molar refractivity (Wildman–Crippen MR) is 171 cm³/mol. The molecule has 10 heteroatoms. The molecule has 0 saturated carbocycles. The van der Waals surface area contributed by atoms with E-state index in [1.54, 1.807) is 50.6 Å². The van der Waals surface area contributed by atoms with Gasteiger partial charge in [0.25, 0.3) is 0 Å². The number of carbonyl (C=O) groups is 2. The van der Waals surface area contributed by atoms with Crippen molar-refractivity contribution in [3.63, 3.8) is 0 Å². The molecule has 0 amide bonds. The summed E-state index contributed by atoms with van der Waals surface area (Å²) in [6, 6.07) is 21.6. The summed E-state index contributed by atoms with van der Waals surface area (Å²) in [5.41, 5.74) is 3.99. The second-order valence-electron chi connectivity index (χ2n) is 10.1. The van der Waals surface area contributed by atoms with Gasteiger partial charge in [0.05, 0.1) is 55.5 Å². The largest absolute Gasteiger partial charge is 0.497 e. The zero-order chi connectivity index (χ0) is 33.1. The number of benzene rings is 4. The number of hydrogen-bond acceptors (Lipinski definition) is 10. The molecule has 0 heterocycles. The van der Waals surface area contributed by atoms with Gasteiger partial charge in [0.2, 0.25) is 0 Å². The molecule has 0 N–H and O–H groups in total. The van der Waals surface area contributed by atoms with Gasteiger partial charge in [-0.1, -0.05) is 24.3 Å². The first-order chi connectivity index (χ1) is 22.3. The van der Waals surface area contributed by atoms with Crippen LogP contribution in [-0.4, -0.2) is 54.6 Å². The zero-order valence-corrected chi connectivity index (χ0v) is 26.8. The average Bonchev–Trinajstić information content (AvgIpc) is 3.09. The lowest BCUT2D eigenvalue weighted by Gasteiger charge is -2.19. The van der Waals surface area contributed by atoms with Gasteiger partial charge in [0, 0.05) is 0 Å². The van der Waals surface area contributed by atoms with E-state index in [1.807, 2.05) is 36.4 Å². The fourth-order valence-corrected chi connectivity index (χ4v) is 4.90. The number of hydrogen-bond donors (Lipinski definition) is 0. The predicted octanol–water partition coefficient (Wildman–Crippen LogP) is 5.98. The van der Waals surface area contributed by atoms with Crippen LogP contribution in [-0.2, 0) is 45.1 Å². The minimum absolute atomic E-state index is 0.0688. The fourth-order valence-electron chi connectivity index (χ4n) is 4.90. The fraction of sp³-hybridized carbons (Fsp3) is 0.278. The Balaban J connectivity index is 1.68. The highest BCUT2D eigenvalue weighted by atomic mass is 16.5. The van der Waals surface area contributed by atoms with E-state index >= 15 is 0 Å². The van der Waals surface area contributed by atoms with E-state index < -0.39 is 11.9 Å². The van der Waals surface area contributed by atoms with Crippen LogP contribution in [0, 0.1) is 0 Å². The van der Waals surface area contributed by atoms with Crippen molar-refractivity contribution in [1.29, 1.82) is 0 Å². The molecule has 0 aliphatic carbocycles. The summed E-state index contributed by atoms with van der Waals surface area (Å²) < 4.78 is 44.1. The number of ether oxygens (including phenoxy) is 8. The van der Waals surface area contributed by atoms with E-state index in [2.05, 4.69) is 0 Å². The van der Waals surface area contributed by atoms with E-state index in [1.165, 1.54) is 28.4 Å². The van der Waals surface area contributed by atoms with Crippen LogP contribution in [0.15, 0.2) is 72.8 Å². The first-order valence-electron chi connectivity index (χ1n) is 14.4. The van der Waals surface area contributed by atoms with Gasteiger partial charge in [-0.05, 0) is 81.9 Å². The highest BCUT2D eigenvalue weighted by Crippen LogP contribution is 2.41. The molecule has 0 bridgehead atoms. The molecular weight excluding hydrogens is 592 g/mol. The van der Waals surface area contributed by atoms with E-state index in [0.29, 0.717) is 56.8 Å². The highest BCUT2D eigenvalue weighted by molar-refractivity contribution is 5.84. The minimum atomic E-state index is -0.462. The summed E-state index contributed by atoms with van der Waals surface area (Å²) >= 11 is 0. The second-order valence-corrected chi connectivity index (χ2v) is 10.1. The van der Waals surface area contributed by atoms with Gasteiger partial charge in [-0.15, -0.1) is 0 Å². The smallest absolute Gasteiger partial charge is 0.310 e. The van der Waals surface area contributed by atoms with Crippen LogP contribution in [0.2, 0.25) is 0 Å². The summed E-state index contributed by atoms with van der Waals surface area (Å²) in [5, 5.41) is 0. The van der Waals surface area contributed by atoms with Gasteiger partial charge in [0.15, 0.2) is 23.0 Å².